The number of aryl methyl sites for hydroxylation is 1. The van der Waals surface area contributed by atoms with Crippen LogP contribution in [0.2, 0.25) is 0 Å². The molecule has 26 heavy (non-hydrogen) atoms. The van der Waals surface area contributed by atoms with Gasteiger partial charge in [0.05, 0.1) is 21.8 Å². The van der Waals surface area contributed by atoms with Crippen molar-refractivity contribution in [1.29, 1.82) is 0 Å². The van der Waals surface area contributed by atoms with Crippen LogP contribution in [0.5, 0.6) is 0 Å². The Hall–Kier alpha value is -2.54. The molecule has 0 amide bonds. The van der Waals surface area contributed by atoms with Gasteiger partial charge in [0, 0.05) is 5.39 Å². The number of aromatic nitrogens is 4. The Balaban J connectivity index is 1.79. The molecule has 0 saturated heterocycles. The molecule has 1 atom stereocenters. The maximum atomic E-state index is 13.7. The number of alkyl halides is 2. The summed E-state index contributed by atoms with van der Waals surface area (Å²) in [5.41, 5.74) is 1.85. The van der Waals surface area contributed by atoms with Gasteiger partial charge >= 0.3 is 6.55 Å². The fraction of sp³-hybridized carbons (Fsp3) is 0.211. The first-order valence-electron chi connectivity index (χ1n) is 8.19. The summed E-state index contributed by atoms with van der Waals surface area (Å²) in [6.45, 7) is 1.05. The Bertz CT molecular complexity index is 1090. The Morgan fingerprint density at radius 3 is 2.38 bits per heavy atom. The van der Waals surface area contributed by atoms with E-state index < -0.39 is 6.55 Å². The van der Waals surface area contributed by atoms with Crippen molar-refractivity contribution in [2.24, 2.45) is 0 Å². The maximum Gasteiger partial charge on any atom is 0.320 e. The summed E-state index contributed by atoms with van der Waals surface area (Å²) in [6.07, 6.45) is 0. The van der Waals surface area contributed by atoms with Crippen LogP contribution < -0.4 is 0 Å². The second-order valence-electron chi connectivity index (χ2n) is 5.96. The first-order chi connectivity index (χ1) is 12.5. The topological polar surface area (TPSA) is 43.6 Å². The van der Waals surface area contributed by atoms with Crippen LogP contribution in [-0.4, -0.2) is 19.5 Å². The quantitative estimate of drug-likeness (QED) is 0.350. The minimum Gasteiger partial charge on any atom is -0.269 e. The highest BCUT2D eigenvalue weighted by Crippen LogP contribution is 2.39. The molecule has 0 radical (unpaired) electrons. The van der Waals surface area contributed by atoms with E-state index >= 15 is 0 Å². The highest BCUT2D eigenvalue weighted by molar-refractivity contribution is 7.99. The van der Waals surface area contributed by atoms with Crippen LogP contribution in [0, 0.1) is 6.92 Å². The lowest BCUT2D eigenvalue weighted by molar-refractivity contribution is 0.0715. The van der Waals surface area contributed by atoms with Crippen LogP contribution in [0.25, 0.3) is 21.9 Å². The third-order valence-corrected chi connectivity index (χ3v) is 5.25. The molecular formula is C19H16F2N4S. The summed E-state index contributed by atoms with van der Waals surface area (Å²) < 4.78 is 28.4. The molecule has 0 N–H and O–H groups in total. The molecule has 0 fully saturated rings. The lowest BCUT2D eigenvalue weighted by Gasteiger charge is -2.14. The normalized spacial score (nSPS) is 13.0. The molecule has 7 heteroatoms. The van der Waals surface area contributed by atoms with E-state index in [9.17, 15) is 8.78 Å². The van der Waals surface area contributed by atoms with E-state index in [-0.39, 0.29) is 5.25 Å². The van der Waals surface area contributed by atoms with Crippen LogP contribution >= 0.6 is 11.8 Å². The highest BCUT2D eigenvalue weighted by Gasteiger charge is 2.23. The minimum atomic E-state index is -2.65. The molecule has 2 aromatic carbocycles. The molecule has 0 aliphatic rings. The SMILES string of the molecule is Cc1nc(SC(C)c2nc3ccccc3n2C(F)F)c2ccccc2n1. The summed E-state index contributed by atoms with van der Waals surface area (Å²) >= 11 is 1.42. The van der Waals surface area contributed by atoms with Gasteiger partial charge < -0.3 is 0 Å². The van der Waals surface area contributed by atoms with Crippen molar-refractivity contribution in [2.75, 3.05) is 0 Å². The Kier molecular flexibility index (Phi) is 4.32. The predicted molar refractivity (Wildman–Crippen MR) is 99.5 cm³/mol. The van der Waals surface area contributed by atoms with Crippen molar-refractivity contribution in [3.63, 3.8) is 0 Å². The summed E-state index contributed by atoms with van der Waals surface area (Å²) in [5.74, 6) is 0.993. The second kappa shape index (κ2) is 6.64. The molecule has 0 aliphatic carbocycles. The summed E-state index contributed by atoms with van der Waals surface area (Å²) in [5, 5.41) is 1.39. The number of benzene rings is 2. The molecule has 4 rings (SSSR count). The second-order valence-corrected chi connectivity index (χ2v) is 7.29. The van der Waals surface area contributed by atoms with Crippen LogP contribution in [0.4, 0.5) is 8.78 Å². The van der Waals surface area contributed by atoms with Crippen LogP contribution in [0.3, 0.4) is 0 Å². The van der Waals surface area contributed by atoms with Crippen molar-refractivity contribution in [1.82, 2.24) is 19.5 Å². The van der Waals surface area contributed by atoms with Crippen LogP contribution in [0.1, 0.15) is 30.4 Å². The van der Waals surface area contributed by atoms with Crippen LogP contribution in [-0.2, 0) is 0 Å². The van der Waals surface area contributed by atoms with Crippen molar-refractivity contribution in [3.05, 3.63) is 60.2 Å². The number of para-hydroxylation sites is 3. The fourth-order valence-corrected chi connectivity index (χ4v) is 4.11. The van der Waals surface area contributed by atoms with Crippen molar-refractivity contribution in [3.8, 4) is 0 Å². The van der Waals surface area contributed by atoms with E-state index in [1.807, 2.05) is 38.1 Å². The first-order valence-corrected chi connectivity index (χ1v) is 9.07. The van der Waals surface area contributed by atoms with Crippen molar-refractivity contribution in [2.45, 2.75) is 30.7 Å². The zero-order chi connectivity index (χ0) is 18.3. The number of rotatable bonds is 4. The van der Waals surface area contributed by atoms with Gasteiger partial charge in [0.2, 0.25) is 0 Å². The van der Waals surface area contributed by atoms with E-state index in [1.165, 1.54) is 11.8 Å². The summed E-state index contributed by atoms with van der Waals surface area (Å²) in [7, 11) is 0. The van der Waals surface area contributed by atoms with Gasteiger partial charge in [0.25, 0.3) is 0 Å². The molecule has 0 saturated carbocycles. The molecule has 2 heterocycles. The van der Waals surface area contributed by atoms with E-state index in [4.69, 9.17) is 0 Å². The van der Waals surface area contributed by atoms with E-state index in [0.717, 1.165) is 20.5 Å². The number of hydrogen-bond donors (Lipinski definition) is 0. The molecule has 2 aromatic heterocycles. The smallest absolute Gasteiger partial charge is 0.269 e. The first kappa shape index (κ1) is 16.9. The third-order valence-electron chi connectivity index (χ3n) is 4.15. The zero-order valence-electron chi connectivity index (χ0n) is 14.2. The van der Waals surface area contributed by atoms with Gasteiger partial charge in [0.1, 0.15) is 16.7 Å². The number of nitrogens with zero attached hydrogens (tertiary/aromatic N) is 4. The van der Waals surface area contributed by atoms with Crippen molar-refractivity contribution < 1.29 is 8.78 Å². The molecule has 4 nitrogen and oxygen atoms in total. The van der Waals surface area contributed by atoms with Gasteiger partial charge in [-0.05, 0) is 32.0 Å². The number of imidazole rings is 1. The van der Waals surface area contributed by atoms with Gasteiger partial charge in [-0.3, -0.25) is 4.57 Å². The van der Waals surface area contributed by atoms with E-state index in [2.05, 4.69) is 15.0 Å². The largest absolute Gasteiger partial charge is 0.320 e. The number of fused-ring (bicyclic) bond motifs is 2. The average molecular weight is 370 g/mol. The maximum absolute atomic E-state index is 13.7. The van der Waals surface area contributed by atoms with E-state index in [1.54, 1.807) is 24.3 Å². The Morgan fingerprint density at radius 2 is 1.62 bits per heavy atom. The molecule has 0 bridgehead atoms. The molecular weight excluding hydrogens is 354 g/mol. The molecule has 0 aliphatic heterocycles. The van der Waals surface area contributed by atoms with Gasteiger partial charge in [-0.15, -0.1) is 0 Å². The number of thioether (sulfide) groups is 1. The highest BCUT2D eigenvalue weighted by atomic mass is 32.2. The monoisotopic (exact) mass is 370 g/mol. The number of hydrogen-bond acceptors (Lipinski definition) is 4. The zero-order valence-corrected chi connectivity index (χ0v) is 15.0. The number of halogens is 2. The summed E-state index contributed by atoms with van der Waals surface area (Å²) in [4.78, 5) is 13.4. The van der Waals surface area contributed by atoms with E-state index in [0.29, 0.717) is 22.7 Å². The molecule has 132 valence electrons. The average Bonchev–Trinajstić information content (AvgIpc) is 3.01. The molecule has 4 aromatic rings. The van der Waals surface area contributed by atoms with Gasteiger partial charge in [0.15, 0.2) is 0 Å². The minimum absolute atomic E-state index is 0.297. The lowest BCUT2D eigenvalue weighted by Crippen LogP contribution is -2.06. The van der Waals surface area contributed by atoms with Gasteiger partial charge in [-0.2, -0.15) is 8.78 Å². The van der Waals surface area contributed by atoms with Crippen LogP contribution in [0.15, 0.2) is 53.6 Å². The summed E-state index contributed by atoms with van der Waals surface area (Å²) in [6, 6.07) is 14.7. The molecule has 1 unspecified atom stereocenters. The lowest BCUT2D eigenvalue weighted by atomic mass is 10.2. The standard InChI is InChI=1S/C19H16F2N4S/c1-11(17-24-15-9-5-6-10-16(15)25(17)19(20)21)26-18-13-7-3-4-8-14(13)22-12(2)23-18/h3-11,19H,1-2H3. The third kappa shape index (κ3) is 2.92. The van der Waals surface area contributed by atoms with Crippen molar-refractivity contribution >= 4 is 33.7 Å². The van der Waals surface area contributed by atoms with Gasteiger partial charge in [-0.1, -0.05) is 42.1 Å². The Labute approximate surface area is 153 Å². The Morgan fingerprint density at radius 1 is 0.923 bits per heavy atom. The molecule has 0 spiro atoms. The fourth-order valence-electron chi connectivity index (χ4n) is 3.02. The predicted octanol–water partition coefficient (Wildman–Crippen LogP) is 5.54. The van der Waals surface area contributed by atoms with Gasteiger partial charge in [-0.25, -0.2) is 15.0 Å².